The number of ether oxygens (including phenoxy) is 1. The Hall–Kier alpha value is -5.61. The molecule has 0 spiro atoms. The number of hydrogen-bond acceptors (Lipinski definition) is 13. The lowest BCUT2D eigenvalue weighted by atomic mass is 9.54. The number of esters is 1. The minimum absolute atomic E-state index is 0.170. The van der Waals surface area contributed by atoms with E-state index in [4.69, 9.17) is 10.5 Å². The Morgan fingerprint density at radius 2 is 1.54 bits per heavy atom. The van der Waals surface area contributed by atoms with Crippen LogP contribution in [0.2, 0.25) is 0 Å². The molecule has 0 saturated heterocycles. The van der Waals surface area contributed by atoms with Crippen molar-refractivity contribution in [1.29, 1.82) is 0 Å². The molecule has 0 radical (unpaired) electrons. The number of fused-ring (bicyclic) bond motifs is 3. The van der Waals surface area contributed by atoms with E-state index in [9.17, 15) is 53.1 Å². The van der Waals surface area contributed by atoms with Gasteiger partial charge in [-0.1, -0.05) is 54.6 Å². The highest BCUT2D eigenvalue weighted by Crippen LogP contribution is 2.57. The standard InChI is InChI=1S/C22H24N2O8.C17H14O4S/c1-21(31)8-5-4-6-11(25)12(8)16(26)13-9(21)7-10-15(24(2)3)17(27)14(20(23)30)19(29)22(10,32)18(13)28;1-22(19,20)14-9-7-12(8-10-14)15-11-21-17(18)16(15)13-5-3-2-4-6-13/h4-6,9-10,15,25-26,29,31-32H,7H2,1-3H3,(H2,23,30);2-10H,11H2,1H3/t9-,10-,15-,21+,22-;/m0./s1. The minimum atomic E-state index is -3.23. The number of aromatic hydroxyl groups is 1. The summed E-state index contributed by atoms with van der Waals surface area (Å²) >= 11 is 0. The van der Waals surface area contributed by atoms with Crippen molar-refractivity contribution < 1.29 is 57.9 Å². The molecule has 1 amide bonds. The van der Waals surface area contributed by atoms with Crippen LogP contribution in [-0.4, -0.2) is 101 Å². The third-order valence-corrected chi connectivity index (χ3v) is 11.7. The number of phenolic OH excluding ortho intramolecular Hbond substituents is 1. The maximum absolute atomic E-state index is 13.7. The topological polar surface area (TPSA) is 242 Å². The molecule has 7 rings (SSSR count). The zero-order chi connectivity index (χ0) is 39.7. The van der Waals surface area contributed by atoms with Gasteiger partial charge in [-0.3, -0.25) is 19.3 Å². The highest BCUT2D eigenvalue weighted by atomic mass is 32.2. The molecule has 3 aromatic carbocycles. The Labute approximate surface area is 310 Å². The summed E-state index contributed by atoms with van der Waals surface area (Å²) in [7, 11) is -0.227. The number of aliphatic hydroxyl groups excluding tert-OH is 2. The molecule has 282 valence electrons. The molecule has 1 aliphatic heterocycles. The number of cyclic esters (lactones) is 1. The Morgan fingerprint density at radius 1 is 0.907 bits per heavy atom. The second-order valence-electron chi connectivity index (χ2n) is 14.1. The van der Waals surface area contributed by atoms with E-state index in [0.717, 1.165) is 16.7 Å². The first-order valence-corrected chi connectivity index (χ1v) is 18.6. The fourth-order valence-electron chi connectivity index (χ4n) is 7.93. The Morgan fingerprint density at radius 3 is 2.11 bits per heavy atom. The maximum Gasteiger partial charge on any atom is 0.339 e. The van der Waals surface area contributed by atoms with Crippen LogP contribution in [0.4, 0.5) is 0 Å². The molecule has 1 fully saturated rings. The average Bonchev–Trinajstić information content (AvgIpc) is 3.50. The number of aliphatic hydroxyl groups is 4. The van der Waals surface area contributed by atoms with Crippen molar-refractivity contribution in [3.05, 3.63) is 112 Å². The quantitative estimate of drug-likeness (QED) is 0.162. The number of carbonyl (C=O) groups is 4. The lowest BCUT2D eigenvalue weighted by molar-refractivity contribution is -0.159. The van der Waals surface area contributed by atoms with Gasteiger partial charge in [-0.15, -0.1) is 0 Å². The lowest BCUT2D eigenvalue weighted by Gasteiger charge is -2.53. The van der Waals surface area contributed by atoms with Crippen LogP contribution in [0.5, 0.6) is 5.75 Å². The average molecular weight is 759 g/mol. The van der Waals surface area contributed by atoms with Crippen LogP contribution >= 0.6 is 0 Å². The van der Waals surface area contributed by atoms with Gasteiger partial charge in [0.2, 0.25) is 5.78 Å². The monoisotopic (exact) mass is 758 g/mol. The van der Waals surface area contributed by atoms with Crippen molar-refractivity contribution in [2.75, 3.05) is 27.0 Å². The summed E-state index contributed by atoms with van der Waals surface area (Å²) in [4.78, 5) is 52.3. The summed E-state index contributed by atoms with van der Waals surface area (Å²) in [6.45, 7) is 1.60. The number of hydrogen-bond donors (Lipinski definition) is 6. The number of sulfone groups is 1. The molecular formula is C39H38N2O12S. The van der Waals surface area contributed by atoms with E-state index in [1.807, 2.05) is 30.3 Å². The molecule has 54 heavy (non-hydrogen) atoms. The molecule has 4 aliphatic rings. The zero-order valence-electron chi connectivity index (χ0n) is 29.6. The number of Topliss-reactive ketones (excluding diaryl/α,β-unsaturated/α-hetero) is 2. The van der Waals surface area contributed by atoms with E-state index in [2.05, 4.69) is 0 Å². The molecule has 0 bridgehead atoms. The van der Waals surface area contributed by atoms with Crippen molar-refractivity contribution in [3.63, 3.8) is 0 Å². The Kier molecular flexibility index (Phi) is 9.43. The summed E-state index contributed by atoms with van der Waals surface area (Å²) in [6.07, 6.45) is 0.966. The molecule has 3 aromatic rings. The smallest absolute Gasteiger partial charge is 0.339 e. The Balaban J connectivity index is 0.000000197. The van der Waals surface area contributed by atoms with Crippen LogP contribution in [0.15, 0.2) is 94.6 Å². The van der Waals surface area contributed by atoms with Crippen LogP contribution < -0.4 is 5.73 Å². The molecule has 0 aromatic heterocycles. The highest BCUT2D eigenvalue weighted by Gasteiger charge is 2.66. The van der Waals surface area contributed by atoms with Gasteiger partial charge in [0.1, 0.15) is 29.4 Å². The van der Waals surface area contributed by atoms with Gasteiger partial charge < -0.3 is 36.0 Å². The maximum atomic E-state index is 13.7. The highest BCUT2D eigenvalue weighted by molar-refractivity contribution is 7.90. The second-order valence-corrected chi connectivity index (χ2v) is 16.1. The number of phenols is 1. The third-order valence-electron chi connectivity index (χ3n) is 10.6. The van der Waals surface area contributed by atoms with E-state index in [1.165, 1.54) is 50.4 Å². The van der Waals surface area contributed by atoms with E-state index in [-0.39, 0.29) is 35.0 Å². The van der Waals surface area contributed by atoms with Gasteiger partial charge >= 0.3 is 5.97 Å². The number of carbonyl (C=O) groups excluding carboxylic acids is 4. The van der Waals surface area contributed by atoms with Crippen LogP contribution in [0, 0.1) is 11.8 Å². The van der Waals surface area contributed by atoms with Gasteiger partial charge in [-0.2, -0.15) is 0 Å². The van der Waals surface area contributed by atoms with Crippen molar-refractivity contribution in [2.45, 2.75) is 35.5 Å². The number of likely N-dealkylation sites (N-methyl/N-ethyl adjacent to an activating group) is 1. The predicted octanol–water partition coefficient (Wildman–Crippen LogP) is 2.19. The van der Waals surface area contributed by atoms with Gasteiger partial charge in [0.15, 0.2) is 21.2 Å². The summed E-state index contributed by atoms with van der Waals surface area (Å²) in [5.74, 6) is -8.25. The lowest BCUT2D eigenvalue weighted by Crippen LogP contribution is -2.67. The molecule has 1 saturated carbocycles. The number of ketones is 2. The Bertz CT molecular complexity index is 2330. The van der Waals surface area contributed by atoms with E-state index in [1.54, 1.807) is 24.3 Å². The largest absolute Gasteiger partial charge is 0.508 e. The van der Waals surface area contributed by atoms with Crippen molar-refractivity contribution in [3.8, 4) is 5.75 Å². The molecule has 3 aliphatic carbocycles. The van der Waals surface area contributed by atoms with Gasteiger partial charge in [0.25, 0.3) is 5.91 Å². The first-order valence-electron chi connectivity index (χ1n) is 16.7. The number of benzene rings is 3. The third kappa shape index (κ3) is 5.89. The molecule has 0 unspecified atom stereocenters. The van der Waals surface area contributed by atoms with Crippen molar-refractivity contribution >= 4 is 50.2 Å². The van der Waals surface area contributed by atoms with Crippen LogP contribution in [0.3, 0.4) is 0 Å². The number of rotatable bonds is 5. The van der Waals surface area contributed by atoms with Gasteiger partial charge in [-0.25, -0.2) is 13.2 Å². The fraction of sp³-hybridized carbons (Fsp3) is 0.282. The minimum Gasteiger partial charge on any atom is -0.508 e. The van der Waals surface area contributed by atoms with E-state index < -0.39 is 84.8 Å². The zero-order valence-corrected chi connectivity index (χ0v) is 30.4. The predicted molar refractivity (Wildman–Crippen MR) is 194 cm³/mol. The molecule has 15 heteroatoms. The first-order chi connectivity index (χ1) is 25.2. The number of nitrogens with zero attached hydrogens (tertiary/aromatic N) is 1. The molecule has 1 heterocycles. The van der Waals surface area contributed by atoms with Gasteiger partial charge in [0.05, 0.1) is 27.7 Å². The molecule has 14 nitrogen and oxygen atoms in total. The summed E-state index contributed by atoms with van der Waals surface area (Å²) in [5, 5.41) is 54.9. The number of nitrogens with two attached hydrogens (primary N) is 1. The fourth-order valence-corrected chi connectivity index (χ4v) is 8.57. The normalized spacial score (nSPS) is 26.5. The van der Waals surface area contributed by atoms with E-state index >= 15 is 0 Å². The molecular weight excluding hydrogens is 720 g/mol. The van der Waals surface area contributed by atoms with Crippen molar-refractivity contribution in [2.24, 2.45) is 17.6 Å². The molecule has 5 atom stereocenters. The molecule has 7 N–H and O–H groups in total. The number of primary amides is 1. The SMILES string of the molecule is CN(C)[C@@H]1C(=O)C(C(N)=O)=C(O)[C@@]2(O)C(=O)C3=C(O)c4c(O)cccc4[C@@](C)(O)[C@H]3C[C@@H]12.CS(=O)(=O)c1ccc(C2=C(c3ccccc3)C(=O)OC2)cc1. The van der Waals surface area contributed by atoms with Crippen LogP contribution in [-0.2, 0) is 39.4 Å². The van der Waals surface area contributed by atoms with E-state index in [0.29, 0.717) is 5.57 Å². The number of amides is 1. The van der Waals surface area contributed by atoms with Crippen LogP contribution in [0.1, 0.15) is 35.6 Å². The summed E-state index contributed by atoms with van der Waals surface area (Å²) < 4.78 is 28.2. The summed E-state index contributed by atoms with van der Waals surface area (Å²) in [5.41, 5.74) is 2.35. The second kappa shape index (κ2) is 13.4. The summed E-state index contributed by atoms with van der Waals surface area (Å²) in [6, 6.07) is 18.8. The first kappa shape index (κ1) is 38.1. The van der Waals surface area contributed by atoms with Gasteiger partial charge in [0, 0.05) is 29.2 Å². The van der Waals surface area contributed by atoms with Crippen LogP contribution in [0.25, 0.3) is 16.9 Å². The van der Waals surface area contributed by atoms with Gasteiger partial charge in [-0.05, 0) is 62.3 Å². The van der Waals surface area contributed by atoms with Crippen molar-refractivity contribution in [1.82, 2.24) is 4.90 Å².